The average molecular weight is 499 g/mol. The molecule has 1 aliphatic heterocycles. The van der Waals surface area contributed by atoms with Gasteiger partial charge in [0.05, 0.1) is 10.9 Å². The number of benzene rings is 2. The third kappa shape index (κ3) is 5.64. The molecule has 4 aromatic rings. The first-order valence-corrected chi connectivity index (χ1v) is 13.3. The molecule has 2 aromatic carbocycles. The Morgan fingerprint density at radius 1 is 0.833 bits per heavy atom. The summed E-state index contributed by atoms with van der Waals surface area (Å²) in [6.45, 7) is 3.50. The van der Waals surface area contributed by atoms with E-state index in [-0.39, 0.29) is 17.5 Å². The summed E-state index contributed by atoms with van der Waals surface area (Å²) in [7, 11) is 0. The number of hydrogen-bond acceptors (Lipinski definition) is 5. The molecule has 0 radical (unpaired) electrons. The topological polar surface area (TPSA) is 58.4 Å². The van der Waals surface area contributed by atoms with E-state index in [0.29, 0.717) is 32.5 Å². The summed E-state index contributed by atoms with van der Waals surface area (Å²) in [6, 6.07) is 28.6. The van der Waals surface area contributed by atoms with Crippen molar-refractivity contribution < 1.29 is 4.79 Å². The van der Waals surface area contributed by atoms with Crippen LogP contribution in [0.15, 0.2) is 95.1 Å². The summed E-state index contributed by atoms with van der Waals surface area (Å²) in [5.74, 6) is 0.146. The molecule has 7 heteroatoms. The molecule has 1 aliphatic rings. The molecule has 1 saturated heterocycles. The first-order valence-electron chi connectivity index (χ1n) is 12.4. The van der Waals surface area contributed by atoms with E-state index in [0.717, 1.165) is 23.7 Å². The highest BCUT2D eigenvalue weighted by molar-refractivity contribution is 7.13. The smallest absolute Gasteiger partial charge is 0.266 e. The second kappa shape index (κ2) is 11.5. The summed E-state index contributed by atoms with van der Waals surface area (Å²) in [5, 5.41) is 6.49. The SMILES string of the molecule is O=C(CCCn1nc(-c2cccs2)ccc1=O)N1CCN(C(c2ccccc2)c2ccccc2)CC1. The summed E-state index contributed by atoms with van der Waals surface area (Å²) in [6.07, 6.45) is 1.01. The van der Waals surface area contributed by atoms with E-state index in [9.17, 15) is 9.59 Å². The van der Waals surface area contributed by atoms with Gasteiger partial charge < -0.3 is 4.90 Å². The van der Waals surface area contributed by atoms with Gasteiger partial charge in [-0.2, -0.15) is 5.10 Å². The minimum Gasteiger partial charge on any atom is -0.340 e. The van der Waals surface area contributed by atoms with Crippen molar-refractivity contribution in [1.29, 1.82) is 0 Å². The molecule has 36 heavy (non-hydrogen) atoms. The highest BCUT2D eigenvalue weighted by Crippen LogP contribution is 2.29. The van der Waals surface area contributed by atoms with E-state index in [2.05, 4.69) is 58.5 Å². The van der Waals surface area contributed by atoms with Crippen molar-refractivity contribution in [3.8, 4) is 10.6 Å². The molecule has 1 fully saturated rings. The van der Waals surface area contributed by atoms with Gasteiger partial charge in [-0.25, -0.2) is 4.68 Å². The molecule has 184 valence electrons. The standard InChI is InChI=1S/C29H30N4O2S/c34-27(14-7-17-33-28(35)16-15-25(30-33)26-13-8-22-36-26)31-18-20-32(21-19-31)29(23-9-3-1-4-10-23)24-11-5-2-6-12-24/h1-6,8-13,15-16,22,29H,7,14,17-21H2. The molecule has 1 amide bonds. The number of amides is 1. The van der Waals surface area contributed by atoms with Crippen LogP contribution in [0, 0.1) is 0 Å². The number of carbonyl (C=O) groups excluding carboxylic acids is 1. The zero-order chi connectivity index (χ0) is 24.7. The van der Waals surface area contributed by atoms with Crippen LogP contribution < -0.4 is 5.56 Å². The Balaban J connectivity index is 1.17. The minimum absolute atomic E-state index is 0.135. The van der Waals surface area contributed by atoms with Crippen molar-refractivity contribution in [2.75, 3.05) is 26.2 Å². The van der Waals surface area contributed by atoms with Crippen molar-refractivity contribution >= 4 is 17.2 Å². The van der Waals surface area contributed by atoms with E-state index in [1.54, 1.807) is 23.5 Å². The van der Waals surface area contributed by atoms with Gasteiger partial charge in [0.1, 0.15) is 5.69 Å². The molecule has 0 saturated carbocycles. The zero-order valence-corrected chi connectivity index (χ0v) is 21.0. The summed E-state index contributed by atoms with van der Waals surface area (Å²) in [5.41, 5.74) is 3.19. The molecule has 0 N–H and O–H groups in total. The lowest BCUT2D eigenvalue weighted by molar-refractivity contribution is -0.133. The third-order valence-corrected chi connectivity index (χ3v) is 7.56. The molecule has 0 spiro atoms. The van der Waals surface area contributed by atoms with E-state index in [4.69, 9.17) is 0 Å². The van der Waals surface area contributed by atoms with Gasteiger partial charge in [-0.05, 0) is 35.1 Å². The monoisotopic (exact) mass is 498 g/mol. The Morgan fingerprint density at radius 2 is 1.50 bits per heavy atom. The Hall–Kier alpha value is -3.55. The van der Waals surface area contributed by atoms with Crippen molar-refractivity contribution in [2.45, 2.75) is 25.4 Å². The van der Waals surface area contributed by atoms with E-state index >= 15 is 0 Å². The van der Waals surface area contributed by atoms with Crippen LogP contribution in [0.1, 0.15) is 30.0 Å². The van der Waals surface area contributed by atoms with E-state index < -0.39 is 0 Å². The highest BCUT2D eigenvalue weighted by Gasteiger charge is 2.27. The van der Waals surface area contributed by atoms with Crippen molar-refractivity contribution in [1.82, 2.24) is 19.6 Å². The van der Waals surface area contributed by atoms with Gasteiger partial charge in [0, 0.05) is 45.2 Å². The maximum Gasteiger partial charge on any atom is 0.266 e. The minimum atomic E-state index is -0.135. The van der Waals surface area contributed by atoms with Crippen LogP contribution in [0.3, 0.4) is 0 Å². The number of aryl methyl sites for hydroxylation is 1. The first-order chi connectivity index (χ1) is 17.7. The van der Waals surface area contributed by atoms with Crippen LogP contribution in [0.4, 0.5) is 0 Å². The third-order valence-electron chi connectivity index (χ3n) is 6.66. The van der Waals surface area contributed by atoms with Crippen LogP contribution in [0.2, 0.25) is 0 Å². The first kappa shape index (κ1) is 24.2. The van der Waals surface area contributed by atoms with Gasteiger partial charge >= 0.3 is 0 Å². The molecule has 6 nitrogen and oxygen atoms in total. The number of thiophene rings is 1. The molecule has 5 rings (SSSR count). The molecule has 0 atom stereocenters. The van der Waals surface area contributed by atoms with Crippen molar-refractivity contribution in [3.05, 3.63) is 112 Å². The molecule has 0 unspecified atom stereocenters. The van der Waals surface area contributed by atoms with Crippen LogP contribution in [0.25, 0.3) is 10.6 Å². The summed E-state index contributed by atoms with van der Waals surface area (Å²) < 4.78 is 1.48. The molecule has 0 aliphatic carbocycles. The lowest BCUT2D eigenvalue weighted by Gasteiger charge is -2.40. The zero-order valence-electron chi connectivity index (χ0n) is 20.2. The quantitative estimate of drug-likeness (QED) is 0.354. The number of nitrogens with zero attached hydrogens (tertiary/aromatic N) is 4. The molecular formula is C29H30N4O2S. The maximum atomic E-state index is 12.9. The Morgan fingerprint density at radius 3 is 2.11 bits per heavy atom. The normalized spacial score (nSPS) is 14.3. The molecule has 2 aromatic heterocycles. The van der Waals surface area contributed by atoms with Crippen molar-refractivity contribution in [2.24, 2.45) is 0 Å². The second-order valence-electron chi connectivity index (χ2n) is 9.00. The fourth-order valence-electron chi connectivity index (χ4n) is 4.82. The molecule has 0 bridgehead atoms. The Bertz CT molecular complexity index is 1270. The molecular weight excluding hydrogens is 468 g/mol. The van der Waals surface area contributed by atoms with Crippen molar-refractivity contribution in [3.63, 3.8) is 0 Å². The number of carbonyl (C=O) groups is 1. The predicted molar refractivity (Wildman–Crippen MR) is 144 cm³/mol. The number of hydrogen-bond donors (Lipinski definition) is 0. The highest BCUT2D eigenvalue weighted by atomic mass is 32.1. The largest absolute Gasteiger partial charge is 0.340 e. The lowest BCUT2D eigenvalue weighted by atomic mass is 9.96. The lowest BCUT2D eigenvalue weighted by Crippen LogP contribution is -2.49. The fourth-order valence-corrected chi connectivity index (χ4v) is 5.51. The molecule has 3 heterocycles. The average Bonchev–Trinajstić information content (AvgIpc) is 3.47. The second-order valence-corrected chi connectivity index (χ2v) is 9.95. The maximum absolute atomic E-state index is 12.9. The predicted octanol–water partition coefficient (Wildman–Crippen LogP) is 4.69. The van der Waals surface area contributed by atoms with Crippen LogP contribution in [-0.2, 0) is 11.3 Å². The number of rotatable bonds is 8. The Kier molecular flexibility index (Phi) is 7.69. The van der Waals surface area contributed by atoms with Gasteiger partial charge in [-0.15, -0.1) is 11.3 Å². The van der Waals surface area contributed by atoms with Gasteiger partial charge in [0.15, 0.2) is 0 Å². The van der Waals surface area contributed by atoms with E-state index in [1.165, 1.54) is 15.8 Å². The Labute approximate surface area is 215 Å². The number of piperazine rings is 1. The van der Waals surface area contributed by atoms with Gasteiger partial charge in [0.2, 0.25) is 5.91 Å². The van der Waals surface area contributed by atoms with Crippen LogP contribution >= 0.6 is 11.3 Å². The van der Waals surface area contributed by atoms with Gasteiger partial charge in [0.25, 0.3) is 5.56 Å². The number of aromatic nitrogens is 2. The van der Waals surface area contributed by atoms with E-state index in [1.807, 2.05) is 34.5 Å². The van der Waals surface area contributed by atoms with Gasteiger partial charge in [-0.3, -0.25) is 14.5 Å². The summed E-state index contributed by atoms with van der Waals surface area (Å²) in [4.78, 5) is 30.7. The fraction of sp³-hybridized carbons (Fsp3) is 0.276. The summed E-state index contributed by atoms with van der Waals surface area (Å²) >= 11 is 1.59. The van der Waals surface area contributed by atoms with Crippen LogP contribution in [-0.4, -0.2) is 51.7 Å². The van der Waals surface area contributed by atoms with Gasteiger partial charge in [-0.1, -0.05) is 66.7 Å². The van der Waals surface area contributed by atoms with Crippen LogP contribution in [0.5, 0.6) is 0 Å².